The van der Waals surface area contributed by atoms with E-state index in [0.29, 0.717) is 17.9 Å². The van der Waals surface area contributed by atoms with Crippen molar-refractivity contribution in [2.45, 2.75) is 19.6 Å². The molecule has 0 unspecified atom stereocenters. The van der Waals surface area contributed by atoms with Gasteiger partial charge in [-0.05, 0) is 42.3 Å². The topological polar surface area (TPSA) is 68.3 Å². The first-order chi connectivity index (χ1) is 10.1. The highest BCUT2D eigenvalue weighted by atomic mass is 16.5. The van der Waals surface area contributed by atoms with Crippen LogP contribution in [0.1, 0.15) is 29.7 Å². The monoisotopic (exact) mass is 282 g/mol. The molecule has 2 rings (SSSR count). The highest BCUT2D eigenvalue weighted by Crippen LogP contribution is 2.21. The molecule has 2 N–H and O–H groups in total. The molecule has 0 aromatic heterocycles. The van der Waals surface area contributed by atoms with E-state index in [2.05, 4.69) is 6.07 Å². The number of rotatable bonds is 5. The summed E-state index contributed by atoms with van der Waals surface area (Å²) in [5.74, 6) is 1.34. The van der Waals surface area contributed by atoms with Crippen LogP contribution < -0.4 is 15.2 Å². The summed E-state index contributed by atoms with van der Waals surface area (Å²) in [6, 6.07) is 15.2. The molecule has 0 radical (unpaired) electrons. The van der Waals surface area contributed by atoms with Gasteiger partial charge in [0.1, 0.15) is 24.2 Å². The summed E-state index contributed by atoms with van der Waals surface area (Å²) >= 11 is 0. The molecule has 0 aliphatic heterocycles. The first-order valence-corrected chi connectivity index (χ1v) is 6.69. The SMILES string of the molecule is COc1cc(COc2ccc([C@@H](C)N)cc2)ccc1C#N. The fraction of sp³-hybridized carbons (Fsp3) is 0.235. The minimum Gasteiger partial charge on any atom is -0.495 e. The average Bonchev–Trinajstić information content (AvgIpc) is 2.52. The molecule has 2 aromatic carbocycles. The normalized spacial score (nSPS) is 11.5. The highest BCUT2D eigenvalue weighted by molar-refractivity contribution is 5.45. The molecule has 1 atom stereocenters. The van der Waals surface area contributed by atoms with E-state index in [4.69, 9.17) is 20.5 Å². The van der Waals surface area contributed by atoms with Gasteiger partial charge in [-0.3, -0.25) is 0 Å². The molecular weight excluding hydrogens is 264 g/mol. The Morgan fingerprint density at radius 3 is 2.48 bits per heavy atom. The van der Waals surface area contributed by atoms with Crippen LogP contribution in [0.5, 0.6) is 11.5 Å². The number of benzene rings is 2. The Balaban J connectivity index is 2.04. The summed E-state index contributed by atoms with van der Waals surface area (Å²) in [7, 11) is 1.55. The predicted octanol–water partition coefficient (Wildman–Crippen LogP) is 3.17. The molecule has 0 aliphatic carbocycles. The Morgan fingerprint density at radius 1 is 1.19 bits per heavy atom. The molecule has 4 nitrogen and oxygen atoms in total. The van der Waals surface area contributed by atoms with Crippen molar-refractivity contribution in [3.05, 3.63) is 59.2 Å². The molecule has 0 saturated carbocycles. The summed E-state index contributed by atoms with van der Waals surface area (Å²) in [6.07, 6.45) is 0. The average molecular weight is 282 g/mol. The lowest BCUT2D eigenvalue weighted by molar-refractivity contribution is 0.305. The van der Waals surface area contributed by atoms with Crippen LogP contribution in [0.2, 0.25) is 0 Å². The second kappa shape index (κ2) is 6.78. The van der Waals surface area contributed by atoms with Crippen molar-refractivity contribution in [2.24, 2.45) is 5.73 Å². The predicted molar refractivity (Wildman–Crippen MR) is 81.1 cm³/mol. The van der Waals surface area contributed by atoms with Gasteiger partial charge in [-0.25, -0.2) is 0 Å². The quantitative estimate of drug-likeness (QED) is 0.914. The number of ether oxygens (including phenoxy) is 2. The molecule has 2 aromatic rings. The smallest absolute Gasteiger partial charge is 0.137 e. The molecule has 0 saturated heterocycles. The van der Waals surface area contributed by atoms with Crippen LogP contribution >= 0.6 is 0 Å². The van der Waals surface area contributed by atoms with Gasteiger partial charge in [0, 0.05) is 6.04 Å². The van der Waals surface area contributed by atoms with Crippen molar-refractivity contribution in [1.29, 1.82) is 5.26 Å². The van der Waals surface area contributed by atoms with Crippen molar-refractivity contribution in [1.82, 2.24) is 0 Å². The van der Waals surface area contributed by atoms with Gasteiger partial charge in [0.2, 0.25) is 0 Å². The van der Waals surface area contributed by atoms with Crippen LogP contribution in [0.25, 0.3) is 0 Å². The van der Waals surface area contributed by atoms with Gasteiger partial charge >= 0.3 is 0 Å². The Kier molecular flexibility index (Phi) is 4.81. The number of methoxy groups -OCH3 is 1. The lowest BCUT2D eigenvalue weighted by Crippen LogP contribution is -2.04. The standard InChI is InChI=1S/C17H18N2O2/c1-12(19)14-5-7-16(8-6-14)21-11-13-3-4-15(10-18)17(9-13)20-2/h3-9,12H,11,19H2,1-2H3/t12-/m1/s1. The van der Waals surface area contributed by atoms with Gasteiger partial charge in [-0.2, -0.15) is 5.26 Å². The Bertz CT molecular complexity index is 643. The van der Waals surface area contributed by atoms with Crippen molar-refractivity contribution < 1.29 is 9.47 Å². The third-order valence-corrected chi connectivity index (χ3v) is 3.20. The Hall–Kier alpha value is -2.51. The van der Waals surface area contributed by atoms with E-state index in [0.717, 1.165) is 16.9 Å². The molecule has 0 heterocycles. The molecule has 0 amide bonds. The molecule has 0 bridgehead atoms. The number of hydrogen-bond acceptors (Lipinski definition) is 4. The van der Waals surface area contributed by atoms with Crippen LogP contribution in [0.4, 0.5) is 0 Å². The number of nitrogens with zero attached hydrogens (tertiary/aromatic N) is 1. The van der Waals surface area contributed by atoms with Crippen LogP contribution in [0.15, 0.2) is 42.5 Å². The maximum atomic E-state index is 8.95. The van der Waals surface area contributed by atoms with Crippen molar-refractivity contribution in [2.75, 3.05) is 7.11 Å². The number of nitriles is 1. The molecule has 4 heteroatoms. The Labute approximate surface area is 124 Å². The molecule has 108 valence electrons. The van der Waals surface area contributed by atoms with Gasteiger partial charge in [0.05, 0.1) is 12.7 Å². The molecule has 21 heavy (non-hydrogen) atoms. The van der Waals surface area contributed by atoms with E-state index in [-0.39, 0.29) is 6.04 Å². The molecule has 0 aliphatic rings. The fourth-order valence-electron chi connectivity index (χ4n) is 1.95. The maximum Gasteiger partial charge on any atom is 0.137 e. The third-order valence-electron chi connectivity index (χ3n) is 3.20. The second-order valence-corrected chi connectivity index (χ2v) is 4.79. The van der Waals surface area contributed by atoms with Crippen LogP contribution in [0, 0.1) is 11.3 Å². The summed E-state index contributed by atoms with van der Waals surface area (Å²) in [6.45, 7) is 2.36. The van der Waals surface area contributed by atoms with Gasteiger partial charge in [0.15, 0.2) is 0 Å². The summed E-state index contributed by atoms with van der Waals surface area (Å²) < 4.78 is 10.9. The van der Waals surface area contributed by atoms with E-state index >= 15 is 0 Å². The lowest BCUT2D eigenvalue weighted by atomic mass is 10.1. The van der Waals surface area contributed by atoms with Gasteiger partial charge < -0.3 is 15.2 Å². The van der Waals surface area contributed by atoms with Crippen LogP contribution in [0.3, 0.4) is 0 Å². The fourth-order valence-corrected chi connectivity index (χ4v) is 1.95. The van der Waals surface area contributed by atoms with Crippen LogP contribution in [-0.4, -0.2) is 7.11 Å². The molecule has 0 fully saturated rings. The zero-order valence-electron chi connectivity index (χ0n) is 12.2. The highest BCUT2D eigenvalue weighted by Gasteiger charge is 2.05. The van der Waals surface area contributed by atoms with E-state index in [1.54, 1.807) is 13.2 Å². The summed E-state index contributed by atoms with van der Waals surface area (Å²) in [5, 5.41) is 8.95. The summed E-state index contributed by atoms with van der Waals surface area (Å²) in [5.41, 5.74) is 8.34. The van der Waals surface area contributed by atoms with Gasteiger partial charge in [0.25, 0.3) is 0 Å². The van der Waals surface area contributed by atoms with Gasteiger partial charge in [-0.15, -0.1) is 0 Å². The largest absolute Gasteiger partial charge is 0.495 e. The zero-order chi connectivity index (χ0) is 15.2. The van der Waals surface area contributed by atoms with Crippen LogP contribution in [-0.2, 0) is 6.61 Å². The lowest BCUT2D eigenvalue weighted by Gasteiger charge is -2.10. The molecule has 0 spiro atoms. The Morgan fingerprint density at radius 2 is 1.90 bits per heavy atom. The first kappa shape index (κ1) is 14.9. The number of nitrogens with two attached hydrogens (primary N) is 1. The molecular formula is C17H18N2O2. The number of hydrogen-bond donors (Lipinski definition) is 1. The van der Waals surface area contributed by atoms with E-state index < -0.39 is 0 Å². The van der Waals surface area contributed by atoms with E-state index in [1.807, 2.05) is 43.3 Å². The minimum absolute atomic E-state index is 0.0156. The zero-order valence-corrected chi connectivity index (χ0v) is 12.2. The van der Waals surface area contributed by atoms with Gasteiger partial charge in [-0.1, -0.05) is 18.2 Å². The third kappa shape index (κ3) is 3.74. The van der Waals surface area contributed by atoms with Crippen molar-refractivity contribution in [3.8, 4) is 17.6 Å². The minimum atomic E-state index is 0.0156. The van der Waals surface area contributed by atoms with Crippen molar-refractivity contribution in [3.63, 3.8) is 0 Å². The second-order valence-electron chi connectivity index (χ2n) is 4.79. The maximum absolute atomic E-state index is 8.95. The van der Waals surface area contributed by atoms with Crippen molar-refractivity contribution >= 4 is 0 Å². The first-order valence-electron chi connectivity index (χ1n) is 6.69. The summed E-state index contributed by atoms with van der Waals surface area (Å²) in [4.78, 5) is 0. The van der Waals surface area contributed by atoms with E-state index in [1.165, 1.54) is 0 Å². The van der Waals surface area contributed by atoms with E-state index in [9.17, 15) is 0 Å².